The second kappa shape index (κ2) is 6.05. The van der Waals surface area contributed by atoms with Crippen molar-refractivity contribution in [3.8, 4) is 0 Å². The van der Waals surface area contributed by atoms with Crippen molar-refractivity contribution < 1.29 is 8.42 Å². The van der Waals surface area contributed by atoms with Crippen LogP contribution >= 0.6 is 0 Å². The molecule has 96 valence electrons. The van der Waals surface area contributed by atoms with E-state index in [2.05, 4.69) is 24.4 Å². The van der Waals surface area contributed by atoms with Crippen LogP contribution in [-0.4, -0.2) is 26.0 Å². The summed E-state index contributed by atoms with van der Waals surface area (Å²) in [5.74, 6) is 0.382. The number of anilines is 1. The molecular weight excluding hydrogens is 234 g/mol. The summed E-state index contributed by atoms with van der Waals surface area (Å²) in [7, 11) is -2.91. The maximum absolute atomic E-state index is 11.5. The third-order valence-corrected chi connectivity index (χ3v) is 4.61. The third kappa shape index (κ3) is 4.77. The lowest BCUT2D eigenvalue weighted by Gasteiger charge is -2.15. The van der Waals surface area contributed by atoms with Gasteiger partial charge in [-0.15, -0.1) is 0 Å². The Morgan fingerprint density at radius 3 is 2.24 bits per heavy atom. The van der Waals surface area contributed by atoms with E-state index in [-0.39, 0.29) is 17.5 Å². The highest BCUT2D eigenvalue weighted by Crippen LogP contribution is 2.11. The van der Waals surface area contributed by atoms with E-state index in [4.69, 9.17) is 0 Å². The second-order valence-electron chi connectivity index (χ2n) is 4.29. The molecule has 0 aliphatic carbocycles. The van der Waals surface area contributed by atoms with Gasteiger partial charge in [0.25, 0.3) is 0 Å². The van der Waals surface area contributed by atoms with Crippen molar-refractivity contribution in [2.45, 2.75) is 33.2 Å². The Morgan fingerprint density at radius 1 is 1.18 bits per heavy atom. The monoisotopic (exact) mass is 255 g/mol. The smallest absolute Gasteiger partial charge is 0.152 e. The molecule has 1 aromatic rings. The summed E-state index contributed by atoms with van der Waals surface area (Å²) in [6.45, 7) is 5.68. The van der Waals surface area contributed by atoms with E-state index in [0.717, 1.165) is 12.1 Å². The van der Waals surface area contributed by atoms with Crippen molar-refractivity contribution in [2.24, 2.45) is 0 Å². The van der Waals surface area contributed by atoms with Crippen molar-refractivity contribution >= 4 is 15.5 Å². The average molecular weight is 255 g/mol. The molecule has 0 heterocycles. The molecule has 17 heavy (non-hydrogen) atoms. The quantitative estimate of drug-likeness (QED) is 0.849. The first kappa shape index (κ1) is 14.0. The van der Waals surface area contributed by atoms with Crippen molar-refractivity contribution in [2.75, 3.05) is 16.8 Å². The van der Waals surface area contributed by atoms with Crippen LogP contribution < -0.4 is 5.32 Å². The van der Waals surface area contributed by atoms with Crippen LogP contribution in [-0.2, 0) is 16.3 Å². The van der Waals surface area contributed by atoms with Crippen LogP contribution in [0.1, 0.15) is 26.3 Å². The number of rotatable bonds is 6. The summed E-state index contributed by atoms with van der Waals surface area (Å²) in [5.41, 5.74) is 2.25. The first-order chi connectivity index (χ1) is 7.96. The molecule has 4 heteroatoms. The number of hydrogen-bond acceptors (Lipinski definition) is 3. The van der Waals surface area contributed by atoms with Gasteiger partial charge >= 0.3 is 0 Å². The lowest BCUT2D eigenvalue weighted by molar-refractivity contribution is 0.593. The highest BCUT2D eigenvalue weighted by atomic mass is 32.2. The van der Waals surface area contributed by atoms with Gasteiger partial charge in [0.15, 0.2) is 9.84 Å². The summed E-state index contributed by atoms with van der Waals surface area (Å²) >= 11 is 0. The summed E-state index contributed by atoms with van der Waals surface area (Å²) in [6.07, 6.45) is 1.01. The minimum absolute atomic E-state index is 0.0626. The molecule has 0 fully saturated rings. The van der Waals surface area contributed by atoms with E-state index in [1.165, 1.54) is 5.56 Å². The van der Waals surface area contributed by atoms with Crippen LogP contribution in [0.25, 0.3) is 0 Å². The van der Waals surface area contributed by atoms with Gasteiger partial charge in [-0.3, -0.25) is 0 Å². The maximum Gasteiger partial charge on any atom is 0.152 e. The van der Waals surface area contributed by atoms with E-state index < -0.39 is 9.84 Å². The third-order valence-electron chi connectivity index (χ3n) is 2.72. The van der Waals surface area contributed by atoms with E-state index in [1.807, 2.05) is 19.1 Å². The predicted octanol–water partition coefficient (Wildman–Crippen LogP) is 2.48. The van der Waals surface area contributed by atoms with Crippen LogP contribution in [0.4, 0.5) is 5.69 Å². The molecule has 0 saturated heterocycles. The Labute approximate surface area is 104 Å². The van der Waals surface area contributed by atoms with Crippen molar-refractivity contribution in [3.63, 3.8) is 0 Å². The lowest BCUT2D eigenvalue weighted by atomic mass is 10.1. The van der Waals surface area contributed by atoms with Gasteiger partial charge in [0.05, 0.1) is 5.75 Å². The molecule has 0 radical (unpaired) electrons. The number of aryl methyl sites for hydroxylation is 1. The highest BCUT2D eigenvalue weighted by molar-refractivity contribution is 7.91. The standard InChI is InChI=1S/C13H21NO2S/c1-4-12-6-8-13(9-7-12)14-11(3)10-17(15,16)5-2/h6-9,11,14H,4-5,10H2,1-3H3. The molecule has 0 aromatic heterocycles. The van der Waals surface area contributed by atoms with Crippen molar-refractivity contribution in [3.05, 3.63) is 29.8 Å². The molecule has 0 spiro atoms. The molecule has 0 amide bonds. The van der Waals surface area contributed by atoms with Crippen LogP contribution in [0.5, 0.6) is 0 Å². The first-order valence-electron chi connectivity index (χ1n) is 6.02. The summed E-state index contributed by atoms with van der Waals surface area (Å²) in [5, 5.41) is 3.20. The molecular formula is C13H21NO2S. The summed E-state index contributed by atoms with van der Waals surface area (Å²) in [4.78, 5) is 0. The molecule has 1 rings (SSSR count). The van der Waals surface area contributed by atoms with Crippen LogP contribution in [0.2, 0.25) is 0 Å². The second-order valence-corrected chi connectivity index (χ2v) is 6.69. The normalized spacial score (nSPS) is 13.4. The molecule has 1 atom stereocenters. The van der Waals surface area contributed by atoms with Gasteiger partial charge in [-0.05, 0) is 31.0 Å². The fraction of sp³-hybridized carbons (Fsp3) is 0.538. The van der Waals surface area contributed by atoms with E-state index in [1.54, 1.807) is 6.92 Å². The van der Waals surface area contributed by atoms with Gasteiger partial charge in [0.1, 0.15) is 0 Å². The fourth-order valence-electron chi connectivity index (χ4n) is 1.66. The Hall–Kier alpha value is -1.03. The Morgan fingerprint density at radius 2 is 1.76 bits per heavy atom. The minimum Gasteiger partial charge on any atom is -0.382 e. The van der Waals surface area contributed by atoms with Gasteiger partial charge in [-0.1, -0.05) is 26.0 Å². The maximum atomic E-state index is 11.5. The van der Waals surface area contributed by atoms with Crippen molar-refractivity contribution in [1.29, 1.82) is 0 Å². The van der Waals surface area contributed by atoms with Gasteiger partial charge in [0.2, 0.25) is 0 Å². The largest absolute Gasteiger partial charge is 0.382 e. The van der Waals surface area contributed by atoms with Crippen LogP contribution in [0.3, 0.4) is 0 Å². The number of hydrogen-bond donors (Lipinski definition) is 1. The number of nitrogens with one attached hydrogen (secondary N) is 1. The fourth-order valence-corrected chi connectivity index (χ4v) is 2.74. The lowest BCUT2D eigenvalue weighted by Crippen LogP contribution is -2.26. The predicted molar refractivity (Wildman–Crippen MR) is 73.2 cm³/mol. The summed E-state index contributed by atoms with van der Waals surface area (Å²) < 4.78 is 22.9. The molecule has 1 aromatic carbocycles. The topological polar surface area (TPSA) is 46.2 Å². The Balaban J connectivity index is 2.59. The van der Waals surface area contributed by atoms with E-state index in [0.29, 0.717) is 0 Å². The zero-order chi connectivity index (χ0) is 12.9. The average Bonchev–Trinajstić information content (AvgIpc) is 2.29. The molecule has 0 aliphatic rings. The van der Waals surface area contributed by atoms with Crippen molar-refractivity contribution in [1.82, 2.24) is 0 Å². The van der Waals surface area contributed by atoms with Crippen LogP contribution in [0, 0.1) is 0 Å². The zero-order valence-corrected chi connectivity index (χ0v) is 11.5. The Kier molecular flexibility index (Phi) is 5.00. The van der Waals surface area contributed by atoms with Crippen LogP contribution in [0.15, 0.2) is 24.3 Å². The Bertz CT molecular complexity index is 437. The number of benzene rings is 1. The summed E-state index contributed by atoms with van der Waals surface area (Å²) in [6, 6.07) is 8.04. The van der Waals surface area contributed by atoms with Gasteiger partial charge in [-0.2, -0.15) is 0 Å². The molecule has 1 N–H and O–H groups in total. The van der Waals surface area contributed by atoms with Gasteiger partial charge in [-0.25, -0.2) is 8.42 Å². The molecule has 1 unspecified atom stereocenters. The molecule has 0 saturated carbocycles. The molecule has 0 aliphatic heterocycles. The van der Waals surface area contributed by atoms with Gasteiger partial charge < -0.3 is 5.32 Å². The molecule has 0 bridgehead atoms. The highest BCUT2D eigenvalue weighted by Gasteiger charge is 2.13. The minimum atomic E-state index is -2.91. The molecule has 3 nitrogen and oxygen atoms in total. The SMILES string of the molecule is CCc1ccc(NC(C)CS(=O)(=O)CC)cc1. The zero-order valence-electron chi connectivity index (χ0n) is 10.7. The van der Waals surface area contributed by atoms with E-state index in [9.17, 15) is 8.42 Å². The first-order valence-corrected chi connectivity index (χ1v) is 7.85. The van der Waals surface area contributed by atoms with Gasteiger partial charge in [0, 0.05) is 17.5 Å². The number of sulfone groups is 1. The van der Waals surface area contributed by atoms with E-state index >= 15 is 0 Å².